The third kappa shape index (κ3) is 7.39. The van der Waals surface area contributed by atoms with E-state index in [0.717, 1.165) is 28.7 Å². The Balaban J connectivity index is 0.00000228. The number of carboxylic acids is 1. The summed E-state index contributed by atoms with van der Waals surface area (Å²) in [7, 11) is 0. The summed E-state index contributed by atoms with van der Waals surface area (Å²) < 4.78 is 0. The van der Waals surface area contributed by atoms with Crippen molar-refractivity contribution in [2.45, 2.75) is 25.5 Å². The van der Waals surface area contributed by atoms with E-state index < -0.39 is 12.1 Å². The lowest BCUT2D eigenvalue weighted by molar-refractivity contribution is 0.0697. The first kappa shape index (κ1) is 29.0. The lowest BCUT2D eigenvalue weighted by Crippen LogP contribution is -2.32. The maximum absolute atomic E-state index is 11.7. The number of nitrogens with zero attached hydrogens (tertiary/aromatic N) is 1. The van der Waals surface area contributed by atoms with E-state index in [0.29, 0.717) is 17.7 Å². The highest BCUT2D eigenvalue weighted by Crippen LogP contribution is 2.30. The normalized spacial score (nSPS) is 12.1. The largest absolute Gasteiger partial charge is 0.478 e. The number of aromatic carboxylic acids is 1. The predicted molar refractivity (Wildman–Crippen MR) is 149 cm³/mol. The molecular formula is C29H30Cl2N2O3. The second-order valence-corrected chi connectivity index (χ2v) is 8.44. The van der Waals surface area contributed by atoms with E-state index in [1.54, 1.807) is 18.5 Å². The van der Waals surface area contributed by atoms with Crippen LogP contribution in [-0.2, 0) is 6.42 Å². The molecule has 4 aromatic rings. The standard InChI is InChI=1S/C29H28N2O3.2ClH/c1-20(31-19-28(32)25-8-5-15-30-18-25)16-21-9-11-22(12-10-21)24-13-14-26(29(33)34)27(17-24)23-6-3-2-4-7-23;;/h2-15,17-18,20,28,31-32H,16,19H2,1H3,(H,33,34);2*1H/t20-,28-;;/m1../s1. The molecule has 0 aliphatic rings. The summed E-state index contributed by atoms with van der Waals surface area (Å²) in [6, 6.07) is 27.3. The van der Waals surface area contributed by atoms with Gasteiger partial charge in [0.1, 0.15) is 0 Å². The Kier molecular flexibility index (Phi) is 11.1. The van der Waals surface area contributed by atoms with E-state index in [-0.39, 0.29) is 30.9 Å². The number of rotatable bonds is 9. The van der Waals surface area contributed by atoms with E-state index in [9.17, 15) is 15.0 Å². The molecule has 0 fully saturated rings. The number of hydrogen-bond donors (Lipinski definition) is 3. The maximum atomic E-state index is 11.7. The lowest BCUT2D eigenvalue weighted by Gasteiger charge is -2.17. The van der Waals surface area contributed by atoms with Crippen LogP contribution in [0.1, 0.15) is 34.5 Å². The molecule has 2 atom stereocenters. The summed E-state index contributed by atoms with van der Waals surface area (Å²) in [5.74, 6) is -0.934. The Bertz CT molecular complexity index is 1240. The molecule has 1 aromatic heterocycles. The molecule has 0 aliphatic heterocycles. The SMILES string of the molecule is C[C@H](Cc1ccc(-c2ccc(C(=O)O)c(-c3ccccc3)c2)cc1)NC[C@@H](O)c1cccnc1.Cl.Cl. The van der Waals surface area contributed by atoms with Crippen LogP contribution in [0.2, 0.25) is 0 Å². The molecule has 0 saturated carbocycles. The van der Waals surface area contributed by atoms with Crippen molar-refractivity contribution in [3.05, 3.63) is 114 Å². The fourth-order valence-electron chi connectivity index (χ4n) is 4.03. The first-order valence-corrected chi connectivity index (χ1v) is 11.3. The molecule has 188 valence electrons. The van der Waals surface area contributed by atoms with Crippen molar-refractivity contribution < 1.29 is 15.0 Å². The van der Waals surface area contributed by atoms with Crippen molar-refractivity contribution in [1.82, 2.24) is 10.3 Å². The van der Waals surface area contributed by atoms with Crippen LogP contribution in [0.15, 0.2) is 97.3 Å². The van der Waals surface area contributed by atoms with Gasteiger partial charge in [0.05, 0.1) is 11.7 Å². The number of aliphatic hydroxyl groups is 1. The number of carbonyl (C=O) groups is 1. The number of aromatic nitrogens is 1. The third-order valence-electron chi connectivity index (χ3n) is 5.89. The Morgan fingerprint density at radius 2 is 1.58 bits per heavy atom. The molecule has 0 radical (unpaired) electrons. The Labute approximate surface area is 224 Å². The Hall–Kier alpha value is -3.22. The van der Waals surface area contributed by atoms with Crippen LogP contribution in [0.25, 0.3) is 22.3 Å². The Morgan fingerprint density at radius 1 is 0.889 bits per heavy atom. The second kappa shape index (κ2) is 13.8. The average Bonchev–Trinajstić information content (AvgIpc) is 2.88. The number of halogens is 2. The fourth-order valence-corrected chi connectivity index (χ4v) is 4.03. The van der Waals surface area contributed by atoms with Gasteiger partial charge in [-0.3, -0.25) is 4.98 Å². The van der Waals surface area contributed by atoms with Crippen LogP contribution < -0.4 is 5.32 Å². The average molecular weight is 525 g/mol. The van der Waals surface area contributed by atoms with Crippen LogP contribution in [0.5, 0.6) is 0 Å². The van der Waals surface area contributed by atoms with Gasteiger partial charge in [0, 0.05) is 30.5 Å². The minimum absolute atomic E-state index is 0. The highest BCUT2D eigenvalue weighted by molar-refractivity contribution is 5.97. The summed E-state index contributed by atoms with van der Waals surface area (Å²) in [4.78, 5) is 15.8. The quantitative estimate of drug-likeness (QED) is 0.242. The zero-order chi connectivity index (χ0) is 23.9. The van der Waals surface area contributed by atoms with Crippen molar-refractivity contribution >= 4 is 30.8 Å². The van der Waals surface area contributed by atoms with Crippen LogP contribution in [0.3, 0.4) is 0 Å². The van der Waals surface area contributed by atoms with Gasteiger partial charge in [0.2, 0.25) is 0 Å². The number of aliphatic hydroxyl groups excluding tert-OH is 1. The molecule has 3 N–H and O–H groups in total. The van der Waals surface area contributed by atoms with Gasteiger partial charge in [-0.15, -0.1) is 24.8 Å². The molecule has 0 amide bonds. The van der Waals surface area contributed by atoms with Gasteiger partial charge < -0.3 is 15.5 Å². The molecule has 0 saturated heterocycles. The molecule has 3 aromatic carbocycles. The minimum Gasteiger partial charge on any atom is -0.478 e. The molecule has 4 rings (SSSR count). The molecule has 7 heteroatoms. The summed E-state index contributed by atoms with van der Waals surface area (Å²) in [6.45, 7) is 2.56. The van der Waals surface area contributed by atoms with Crippen LogP contribution in [0, 0.1) is 0 Å². The number of nitrogens with one attached hydrogen (secondary N) is 1. The topological polar surface area (TPSA) is 82.5 Å². The van der Waals surface area contributed by atoms with Crippen LogP contribution in [0.4, 0.5) is 0 Å². The molecule has 5 nitrogen and oxygen atoms in total. The van der Waals surface area contributed by atoms with Crippen molar-refractivity contribution in [2.24, 2.45) is 0 Å². The molecule has 36 heavy (non-hydrogen) atoms. The minimum atomic E-state index is -0.934. The first-order chi connectivity index (χ1) is 16.5. The summed E-state index contributed by atoms with van der Waals surface area (Å²) in [6.07, 6.45) is 3.61. The van der Waals surface area contributed by atoms with Gasteiger partial charge >= 0.3 is 5.97 Å². The van der Waals surface area contributed by atoms with E-state index >= 15 is 0 Å². The first-order valence-electron chi connectivity index (χ1n) is 11.3. The molecule has 0 bridgehead atoms. The van der Waals surface area contributed by atoms with Crippen molar-refractivity contribution in [3.8, 4) is 22.3 Å². The van der Waals surface area contributed by atoms with Gasteiger partial charge in [0.25, 0.3) is 0 Å². The fraction of sp³-hybridized carbons (Fsp3) is 0.172. The van der Waals surface area contributed by atoms with Crippen LogP contribution in [-0.4, -0.2) is 33.8 Å². The van der Waals surface area contributed by atoms with E-state index in [1.807, 2.05) is 54.6 Å². The zero-order valence-electron chi connectivity index (χ0n) is 19.9. The van der Waals surface area contributed by atoms with Gasteiger partial charge in [-0.2, -0.15) is 0 Å². The monoisotopic (exact) mass is 524 g/mol. The highest BCUT2D eigenvalue weighted by Gasteiger charge is 2.14. The maximum Gasteiger partial charge on any atom is 0.336 e. The smallest absolute Gasteiger partial charge is 0.336 e. The van der Waals surface area contributed by atoms with Gasteiger partial charge in [-0.25, -0.2) is 4.79 Å². The zero-order valence-corrected chi connectivity index (χ0v) is 21.5. The number of hydrogen-bond acceptors (Lipinski definition) is 4. The number of pyridine rings is 1. The van der Waals surface area contributed by atoms with Crippen molar-refractivity contribution in [2.75, 3.05) is 6.54 Å². The summed E-state index contributed by atoms with van der Waals surface area (Å²) in [5, 5.41) is 23.3. The second-order valence-electron chi connectivity index (χ2n) is 8.44. The lowest BCUT2D eigenvalue weighted by atomic mass is 9.94. The molecular weight excluding hydrogens is 495 g/mol. The van der Waals surface area contributed by atoms with Crippen LogP contribution >= 0.6 is 24.8 Å². The van der Waals surface area contributed by atoms with E-state index in [2.05, 4.69) is 41.5 Å². The van der Waals surface area contributed by atoms with Gasteiger partial charge in [0.15, 0.2) is 0 Å². The predicted octanol–water partition coefficient (Wildman–Crippen LogP) is 6.21. The Morgan fingerprint density at radius 3 is 2.22 bits per heavy atom. The summed E-state index contributed by atoms with van der Waals surface area (Å²) >= 11 is 0. The van der Waals surface area contributed by atoms with Gasteiger partial charge in [-0.05, 0) is 59.4 Å². The van der Waals surface area contributed by atoms with E-state index in [1.165, 1.54) is 5.56 Å². The summed E-state index contributed by atoms with van der Waals surface area (Å²) in [5.41, 5.74) is 5.87. The highest BCUT2D eigenvalue weighted by atomic mass is 35.5. The molecule has 0 aliphatic carbocycles. The molecule has 1 heterocycles. The van der Waals surface area contributed by atoms with Crippen molar-refractivity contribution in [1.29, 1.82) is 0 Å². The number of benzene rings is 3. The number of carboxylic acid groups (broad SMARTS) is 1. The molecule has 0 unspecified atom stereocenters. The van der Waals surface area contributed by atoms with Gasteiger partial charge in [-0.1, -0.05) is 66.7 Å². The molecule has 0 spiro atoms. The van der Waals surface area contributed by atoms with E-state index in [4.69, 9.17) is 0 Å². The van der Waals surface area contributed by atoms with Crippen molar-refractivity contribution in [3.63, 3.8) is 0 Å². The third-order valence-corrected chi connectivity index (χ3v) is 5.89.